The number of aromatic nitrogens is 2. The number of nitrogens with zero attached hydrogens (tertiary/aromatic N) is 2. The quantitative estimate of drug-likeness (QED) is 0.809. The predicted molar refractivity (Wildman–Crippen MR) is 77.2 cm³/mol. The molecule has 2 aromatic rings. The van der Waals surface area contributed by atoms with Crippen LogP contribution >= 0.6 is 22.9 Å². The van der Waals surface area contributed by atoms with E-state index in [1.54, 1.807) is 7.11 Å². The molecule has 100 valence electrons. The Balaban J connectivity index is 1.74. The zero-order valence-corrected chi connectivity index (χ0v) is 12.3. The molecule has 0 spiro atoms. The number of aryl methyl sites for hydroxylation is 2. The van der Waals surface area contributed by atoms with Crippen molar-refractivity contribution in [2.75, 3.05) is 7.11 Å². The highest BCUT2D eigenvalue weighted by Gasteiger charge is 2.19. The Bertz CT molecular complexity index is 563. The minimum absolute atomic E-state index is 0.0183. The minimum Gasteiger partial charge on any atom is -0.481 e. The van der Waals surface area contributed by atoms with Crippen LogP contribution in [0.15, 0.2) is 18.5 Å². The Morgan fingerprint density at radius 1 is 1.37 bits per heavy atom. The topological polar surface area (TPSA) is 35.0 Å². The van der Waals surface area contributed by atoms with Crippen molar-refractivity contribution in [3.05, 3.63) is 39.5 Å². The zero-order valence-electron chi connectivity index (χ0n) is 10.7. The molecule has 19 heavy (non-hydrogen) atoms. The Labute approximate surface area is 121 Å². The lowest BCUT2D eigenvalue weighted by Gasteiger charge is -2.07. The van der Waals surface area contributed by atoms with Gasteiger partial charge >= 0.3 is 0 Å². The molecule has 2 aromatic heterocycles. The third-order valence-corrected chi connectivity index (χ3v) is 5.24. The molecule has 0 saturated carbocycles. The van der Waals surface area contributed by atoms with Gasteiger partial charge in [0.2, 0.25) is 5.88 Å². The molecule has 3 nitrogen and oxygen atoms in total. The van der Waals surface area contributed by atoms with Crippen molar-refractivity contribution >= 4 is 22.9 Å². The first-order chi connectivity index (χ1) is 9.26. The summed E-state index contributed by atoms with van der Waals surface area (Å²) in [6, 6.07) is 4.11. The van der Waals surface area contributed by atoms with Gasteiger partial charge in [-0.25, -0.2) is 9.97 Å². The summed E-state index contributed by atoms with van der Waals surface area (Å²) >= 11 is 8.36. The molecule has 0 amide bonds. The van der Waals surface area contributed by atoms with Gasteiger partial charge in [0.05, 0.1) is 12.5 Å². The van der Waals surface area contributed by atoms with Gasteiger partial charge in [-0.1, -0.05) is 0 Å². The first kappa shape index (κ1) is 12.9. The number of fused-ring (bicyclic) bond motifs is 1. The lowest BCUT2D eigenvalue weighted by Crippen LogP contribution is -1.98. The summed E-state index contributed by atoms with van der Waals surface area (Å²) in [6.07, 6.45) is 5.94. The molecule has 2 heterocycles. The summed E-state index contributed by atoms with van der Waals surface area (Å²) in [4.78, 5) is 11.0. The molecule has 0 aromatic carbocycles. The van der Waals surface area contributed by atoms with Crippen molar-refractivity contribution < 1.29 is 4.74 Å². The van der Waals surface area contributed by atoms with Crippen LogP contribution in [0, 0.1) is 0 Å². The molecule has 1 atom stereocenters. The molecule has 0 fully saturated rings. The fourth-order valence-electron chi connectivity index (χ4n) is 2.39. The monoisotopic (exact) mass is 294 g/mol. The van der Waals surface area contributed by atoms with E-state index in [4.69, 9.17) is 16.3 Å². The molecular weight excluding hydrogens is 280 g/mol. The van der Waals surface area contributed by atoms with E-state index < -0.39 is 0 Å². The second kappa shape index (κ2) is 5.47. The summed E-state index contributed by atoms with van der Waals surface area (Å²) in [7, 11) is 1.61. The Morgan fingerprint density at radius 2 is 2.26 bits per heavy atom. The van der Waals surface area contributed by atoms with E-state index in [2.05, 4.69) is 16.0 Å². The van der Waals surface area contributed by atoms with Crippen molar-refractivity contribution in [2.45, 2.75) is 31.1 Å². The van der Waals surface area contributed by atoms with Crippen molar-refractivity contribution in [1.82, 2.24) is 9.97 Å². The van der Waals surface area contributed by atoms with E-state index in [0.29, 0.717) is 12.3 Å². The van der Waals surface area contributed by atoms with Crippen LogP contribution < -0.4 is 4.74 Å². The molecule has 5 heteroatoms. The molecular formula is C14H15ClN2OS. The van der Waals surface area contributed by atoms with Crippen LogP contribution in [0.3, 0.4) is 0 Å². The minimum atomic E-state index is -0.0183. The lowest BCUT2D eigenvalue weighted by molar-refractivity contribution is 0.396. The number of ether oxygens (including phenoxy) is 1. The highest BCUT2D eigenvalue weighted by molar-refractivity contribution is 7.12. The Kier molecular flexibility index (Phi) is 3.71. The van der Waals surface area contributed by atoms with Crippen LogP contribution in [0.4, 0.5) is 0 Å². The SMILES string of the molecule is COc1cc(CC(Cl)c2cc3c(s2)CCC3)ncn1. The smallest absolute Gasteiger partial charge is 0.216 e. The molecule has 0 aliphatic heterocycles. The fraction of sp³-hybridized carbons (Fsp3) is 0.429. The van der Waals surface area contributed by atoms with Crippen molar-refractivity contribution in [1.29, 1.82) is 0 Å². The summed E-state index contributed by atoms with van der Waals surface area (Å²) in [6.45, 7) is 0. The second-order valence-electron chi connectivity index (χ2n) is 4.67. The van der Waals surface area contributed by atoms with E-state index in [1.807, 2.05) is 17.4 Å². The van der Waals surface area contributed by atoms with Gasteiger partial charge in [0.25, 0.3) is 0 Å². The number of rotatable bonds is 4. The van der Waals surface area contributed by atoms with Crippen molar-refractivity contribution in [3.63, 3.8) is 0 Å². The largest absolute Gasteiger partial charge is 0.481 e. The van der Waals surface area contributed by atoms with Gasteiger partial charge in [0.1, 0.15) is 6.33 Å². The highest BCUT2D eigenvalue weighted by atomic mass is 35.5. The van der Waals surface area contributed by atoms with E-state index in [0.717, 1.165) is 5.69 Å². The maximum atomic E-state index is 6.51. The average Bonchev–Trinajstić information content (AvgIpc) is 2.99. The van der Waals surface area contributed by atoms with Crippen LogP contribution in [0.1, 0.15) is 32.8 Å². The van der Waals surface area contributed by atoms with Crippen LogP contribution in [0.5, 0.6) is 5.88 Å². The average molecular weight is 295 g/mol. The van der Waals surface area contributed by atoms with Crippen LogP contribution in [0.25, 0.3) is 0 Å². The molecule has 0 N–H and O–H groups in total. The van der Waals surface area contributed by atoms with E-state index in [1.165, 1.54) is 40.9 Å². The number of halogens is 1. The number of alkyl halides is 1. The van der Waals surface area contributed by atoms with Gasteiger partial charge in [0, 0.05) is 27.9 Å². The standard InChI is InChI=1S/C14H15ClN2OS/c1-18-14-7-10(16-8-17-14)6-11(15)13-5-9-3-2-4-12(9)19-13/h5,7-8,11H,2-4,6H2,1H3. The van der Waals surface area contributed by atoms with Crippen molar-refractivity contribution in [2.24, 2.45) is 0 Å². The molecule has 1 aliphatic rings. The van der Waals surface area contributed by atoms with Crippen molar-refractivity contribution in [3.8, 4) is 5.88 Å². The maximum absolute atomic E-state index is 6.51. The third kappa shape index (κ3) is 2.74. The maximum Gasteiger partial charge on any atom is 0.216 e. The van der Waals surface area contributed by atoms with E-state index >= 15 is 0 Å². The summed E-state index contributed by atoms with van der Waals surface area (Å²) in [5.41, 5.74) is 2.41. The number of hydrogen-bond acceptors (Lipinski definition) is 4. The second-order valence-corrected chi connectivity index (χ2v) is 6.37. The molecule has 0 radical (unpaired) electrons. The first-order valence-corrected chi connectivity index (χ1v) is 7.62. The third-order valence-electron chi connectivity index (χ3n) is 3.37. The van der Waals surface area contributed by atoms with Gasteiger partial charge < -0.3 is 4.74 Å². The Morgan fingerprint density at radius 3 is 3.05 bits per heavy atom. The van der Waals surface area contributed by atoms with Gasteiger partial charge in [-0.2, -0.15) is 0 Å². The molecule has 1 aliphatic carbocycles. The van der Waals surface area contributed by atoms with E-state index in [-0.39, 0.29) is 5.38 Å². The molecule has 0 saturated heterocycles. The number of hydrogen-bond donors (Lipinski definition) is 0. The molecule has 0 bridgehead atoms. The lowest BCUT2D eigenvalue weighted by atomic mass is 10.1. The predicted octanol–water partition coefficient (Wildman–Crippen LogP) is 3.56. The van der Waals surface area contributed by atoms with Gasteiger partial charge in [0.15, 0.2) is 0 Å². The highest BCUT2D eigenvalue weighted by Crippen LogP contribution is 2.37. The van der Waals surface area contributed by atoms with Crippen LogP contribution in [-0.4, -0.2) is 17.1 Å². The van der Waals surface area contributed by atoms with Gasteiger partial charge in [-0.3, -0.25) is 0 Å². The van der Waals surface area contributed by atoms with Crippen LogP contribution in [-0.2, 0) is 19.3 Å². The number of thiophene rings is 1. The summed E-state index contributed by atoms with van der Waals surface area (Å²) < 4.78 is 5.10. The first-order valence-electron chi connectivity index (χ1n) is 6.36. The normalized spacial score (nSPS) is 15.3. The van der Waals surface area contributed by atoms with Gasteiger partial charge in [-0.05, 0) is 30.9 Å². The molecule has 3 rings (SSSR count). The zero-order chi connectivity index (χ0) is 13.2. The summed E-state index contributed by atoms with van der Waals surface area (Å²) in [5.74, 6) is 0.586. The molecule has 1 unspecified atom stereocenters. The van der Waals surface area contributed by atoms with Crippen LogP contribution in [0.2, 0.25) is 0 Å². The summed E-state index contributed by atoms with van der Waals surface area (Å²) in [5, 5.41) is -0.0183. The van der Waals surface area contributed by atoms with E-state index in [9.17, 15) is 0 Å². The van der Waals surface area contributed by atoms with Gasteiger partial charge in [-0.15, -0.1) is 22.9 Å². The Hall–Kier alpha value is -1.13. The number of methoxy groups -OCH3 is 1. The fourth-order valence-corrected chi connectivity index (χ4v) is 3.98.